The number of allylic oxidation sites excluding steroid dienone is 1. The maximum Gasteiger partial charge on any atom is 0.374 e. The van der Waals surface area contributed by atoms with Crippen molar-refractivity contribution in [1.82, 2.24) is 5.32 Å². The lowest BCUT2D eigenvalue weighted by molar-refractivity contribution is -0.157. The first-order chi connectivity index (χ1) is 27.3. The number of carboxylic acid groups (broad SMARTS) is 1. The van der Waals surface area contributed by atoms with Crippen LogP contribution in [0.3, 0.4) is 0 Å². The number of nitrogens with one attached hydrogen (secondary N) is 1. The van der Waals surface area contributed by atoms with Crippen LogP contribution in [-0.2, 0) is 71.6 Å². The number of ketones is 2. The molecule has 2 saturated heterocycles. The molecule has 0 saturated carbocycles. The molecule has 2 heterocycles. The fourth-order valence-corrected chi connectivity index (χ4v) is 8.62. The second-order valence-electron chi connectivity index (χ2n) is 11.1. The number of Topliss-reactive ketones (excluding diaryl/α,β-unsaturated/α-hetero) is 2. The number of hydrogen-bond acceptors (Lipinski definition) is 24. The Labute approximate surface area is 367 Å². The van der Waals surface area contributed by atoms with Crippen LogP contribution in [0.25, 0.3) is 0 Å². The van der Waals surface area contributed by atoms with Crippen molar-refractivity contribution in [3.05, 3.63) is 22.3 Å². The van der Waals surface area contributed by atoms with Crippen LogP contribution in [0.4, 0.5) is 0 Å². The minimum Gasteiger partial charge on any atom is -0.480 e. The van der Waals surface area contributed by atoms with Crippen LogP contribution in [0.5, 0.6) is 0 Å². The van der Waals surface area contributed by atoms with Gasteiger partial charge < -0.3 is 39.0 Å². The monoisotopic (exact) mass is 951 g/mol. The molecule has 2 aliphatic rings. The second kappa shape index (κ2) is 29.3. The molecular weight excluding hydrogens is 903 g/mol. The third-order valence-corrected chi connectivity index (χ3v) is 12.8. The van der Waals surface area contributed by atoms with Crippen molar-refractivity contribution in [2.45, 2.75) is 83.1 Å². The Bertz CT molecular complexity index is 1560. The van der Waals surface area contributed by atoms with Gasteiger partial charge in [-0.15, -0.1) is 35.3 Å². The van der Waals surface area contributed by atoms with Gasteiger partial charge in [-0.25, -0.2) is 14.4 Å². The van der Waals surface area contributed by atoms with E-state index in [1.54, 1.807) is 20.8 Å². The van der Waals surface area contributed by atoms with E-state index in [4.69, 9.17) is 14.6 Å². The van der Waals surface area contributed by atoms with Crippen molar-refractivity contribution in [3.8, 4) is 0 Å². The van der Waals surface area contributed by atoms with Gasteiger partial charge >= 0.3 is 35.8 Å². The van der Waals surface area contributed by atoms with E-state index in [0.29, 0.717) is 11.5 Å². The highest BCUT2D eigenvalue weighted by molar-refractivity contribution is 8.16. The van der Waals surface area contributed by atoms with Crippen LogP contribution >= 0.6 is 71.4 Å². The van der Waals surface area contributed by atoms with E-state index in [9.17, 15) is 58.2 Å². The van der Waals surface area contributed by atoms with Gasteiger partial charge in [-0.3, -0.25) is 38.9 Å². The maximum absolute atomic E-state index is 11.5. The number of carboxylic acids is 1. The molecule has 4 N–H and O–H groups in total. The van der Waals surface area contributed by atoms with Gasteiger partial charge in [0.15, 0.2) is 27.6 Å². The van der Waals surface area contributed by atoms with E-state index in [1.807, 2.05) is 0 Å². The van der Waals surface area contributed by atoms with Crippen molar-refractivity contribution in [3.63, 3.8) is 0 Å². The molecular formula is C34H49NO18S6. The number of thioether (sulfide) groups is 5. The van der Waals surface area contributed by atoms with E-state index in [0.717, 1.165) is 59.4 Å². The Hall–Kier alpha value is -3.04. The summed E-state index contributed by atoms with van der Waals surface area (Å²) in [6.07, 6.45) is 0. The van der Waals surface area contributed by atoms with E-state index in [1.165, 1.54) is 51.8 Å². The van der Waals surface area contributed by atoms with Gasteiger partial charge in [0.2, 0.25) is 15.6 Å². The van der Waals surface area contributed by atoms with Crippen molar-refractivity contribution < 1.29 is 86.9 Å². The Morgan fingerprint density at radius 3 is 1.37 bits per heavy atom. The standard InChI is InChI=1S/C10H16O6S2.C9H12O5S.C8H10O4S.C7H11NO3S2/c1-3-15-7(11)9(13)5-18-10(14,6-17-9)8(12)16-4-2;1-4-13-9(12)8(14-6(2)10)5-15-7(3)11;1-5(9)8(12-6(2)10)4-13-7(3)11;1-4(9)7(3-12)8-5(2-13-7)6(10)11/h13-14H,3-6H2,1-2H3;5H,4H2,1-3H3;4H,1-3H3;5,8,12H,2-3H2,1H3,(H,10,11)/b;8-5-;8-4-;/t;;;5-,7?/m...0/s1. The largest absolute Gasteiger partial charge is 0.480 e. The fraction of sp³-hybridized carbons (Fsp3) is 0.588. The lowest BCUT2D eigenvalue weighted by atomic mass is 10.2. The topological polar surface area (TPSA) is 290 Å². The number of aliphatic hydroxyl groups is 2. The number of aliphatic carboxylic acids is 1. The van der Waals surface area contributed by atoms with Crippen molar-refractivity contribution in [2.75, 3.05) is 42.8 Å². The summed E-state index contributed by atoms with van der Waals surface area (Å²) in [5.41, 5.74) is 0. The number of carbonyl (C=O) groups excluding carboxylic acids is 9. The van der Waals surface area contributed by atoms with Gasteiger partial charge in [-0.05, 0) is 27.7 Å². The van der Waals surface area contributed by atoms with Gasteiger partial charge in [0.1, 0.15) is 10.9 Å². The van der Waals surface area contributed by atoms with E-state index in [2.05, 4.69) is 32.2 Å². The molecule has 334 valence electrons. The second-order valence-corrected chi connectivity index (χ2v) is 17.4. The average molecular weight is 952 g/mol. The van der Waals surface area contributed by atoms with Crippen LogP contribution < -0.4 is 5.32 Å². The Morgan fingerprint density at radius 2 is 1.10 bits per heavy atom. The van der Waals surface area contributed by atoms with Gasteiger partial charge in [0, 0.05) is 68.4 Å². The third-order valence-electron chi connectivity index (χ3n) is 6.19. The van der Waals surface area contributed by atoms with Crippen molar-refractivity contribution >= 4 is 129 Å². The van der Waals surface area contributed by atoms with E-state index in [-0.39, 0.29) is 64.6 Å². The molecule has 0 aliphatic carbocycles. The molecule has 0 spiro atoms. The molecule has 2 fully saturated rings. The summed E-state index contributed by atoms with van der Waals surface area (Å²) >= 11 is 8.50. The number of hydrogen-bond donors (Lipinski definition) is 5. The molecule has 2 aliphatic heterocycles. The summed E-state index contributed by atoms with van der Waals surface area (Å²) in [5, 5.41) is 33.5. The molecule has 19 nitrogen and oxygen atoms in total. The molecule has 25 heteroatoms. The first kappa shape index (κ1) is 58.1. The van der Waals surface area contributed by atoms with Crippen LogP contribution in [0.1, 0.15) is 62.3 Å². The summed E-state index contributed by atoms with van der Waals surface area (Å²) in [5.74, 6) is -4.79. The SMILES string of the molecule is CC(=O)C1(CS)N[C@H](C(=O)O)CS1.CC(=O)O/C(=C\SC(C)=O)C(C)=O.CCOC(=O)/C(=C/SC(C)=O)OC(C)=O.CCOC(=O)C1(O)CSC(O)(C(=O)OCC)CS1. The molecule has 0 aromatic heterocycles. The zero-order valence-corrected chi connectivity index (χ0v) is 38.6. The minimum absolute atomic E-state index is 0.0729. The van der Waals surface area contributed by atoms with E-state index >= 15 is 0 Å². The molecule has 59 heavy (non-hydrogen) atoms. The first-order valence-electron chi connectivity index (χ1n) is 16.9. The zero-order chi connectivity index (χ0) is 46.1. The smallest absolute Gasteiger partial charge is 0.374 e. The van der Waals surface area contributed by atoms with Crippen molar-refractivity contribution in [1.29, 1.82) is 0 Å². The first-order valence-corrected chi connectivity index (χ1v) is 22.3. The highest BCUT2D eigenvalue weighted by Gasteiger charge is 2.52. The number of carbonyl (C=O) groups is 10. The Balaban J connectivity index is 0. The van der Waals surface area contributed by atoms with Gasteiger partial charge in [-0.2, -0.15) is 12.6 Å². The van der Waals surface area contributed by atoms with Crippen LogP contribution in [-0.4, -0.2) is 137 Å². The minimum atomic E-state index is -1.72. The third kappa shape index (κ3) is 22.9. The van der Waals surface area contributed by atoms with Crippen molar-refractivity contribution in [2.24, 2.45) is 0 Å². The van der Waals surface area contributed by atoms with Gasteiger partial charge in [0.05, 0.1) is 19.8 Å². The van der Waals surface area contributed by atoms with Gasteiger partial charge in [-0.1, -0.05) is 23.5 Å². The molecule has 0 aromatic rings. The van der Waals surface area contributed by atoms with Crippen LogP contribution in [0, 0.1) is 0 Å². The number of esters is 5. The Kier molecular flexibility index (Phi) is 28.8. The maximum atomic E-state index is 11.5. The molecule has 0 amide bonds. The van der Waals surface area contributed by atoms with Gasteiger partial charge in [0.25, 0.3) is 0 Å². The molecule has 4 atom stereocenters. The average Bonchev–Trinajstić information content (AvgIpc) is 3.61. The predicted molar refractivity (Wildman–Crippen MR) is 226 cm³/mol. The molecule has 2 rings (SSSR count). The molecule has 0 aromatic carbocycles. The summed E-state index contributed by atoms with van der Waals surface area (Å²) < 4.78 is 23.3. The lowest BCUT2D eigenvalue weighted by Gasteiger charge is -2.36. The summed E-state index contributed by atoms with van der Waals surface area (Å²) in [4.78, 5) is 105. The molecule has 0 radical (unpaired) electrons. The molecule has 3 unspecified atom stereocenters. The highest BCUT2D eigenvalue weighted by atomic mass is 32.2. The van der Waals surface area contributed by atoms with Crippen LogP contribution in [0.2, 0.25) is 0 Å². The molecule has 0 bridgehead atoms. The number of thiol groups is 1. The van der Waals surface area contributed by atoms with Crippen LogP contribution in [0.15, 0.2) is 22.3 Å². The Morgan fingerprint density at radius 1 is 0.695 bits per heavy atom. The number of rotatable bonds is 14. The quantitative estimate of drug-likeness (QED) is 0.0549. The summed E-state index contributed by atoms with van der Waals surface area (Å²) in [6, 6.07) is -0.638. The zero-order valence-electron chi connectivity index (χ0n) is 33.6. The number of ether oxygens (including phenoxy) is 5. The predicted octanol–water partition coefficient (Wildman–Crippen LogP) is 2.45. The summed E-state index contributed by atoms with van der Waals surface area (Å²) in [7, 11) is 0. The summed E-state index contributed by atoms with van der Waals surface area (Å²) in [6.45, 7) is 13.1. The van der Waals surface area contributed by atoms with E-state index < -0.39 is 56.6 Å². The normalized spacial score (nSPS) is 22.1. The fourth-order valence-electron chi connectivity index (χ4n) is 3.45. The lowest BCUT2D eigenvalue weighted by Crippen LogP contribution is -2.51. The highest BCUT2D eigenvalue weighted by Crippen LogP contribution is 2.43.